The number of hydrogen-bond donors (Lipinski definition) is 1. The predicted molar refractivity (Wildman–Crippen MR) is 91.2 cm³/mol. The van der Waals surface area contributed by atoms with Crippen molar-refractivity contribution in [2.45, 2.75) is 51.2 Å². The third kappa shape index (κ3) is 4.65. The van der Waals surface area contributed by atoms with Gasteiger partial charge in [0.1, 0.15) is 6.10 Å². The molecule has 2 aromatic carbocycles. The summed E-state index contributed by atoms with van der Waals surface area (Å²) < 4.78 is 17.5. The van der Waals surface area contributed by atoms with Gasteiger partial charge < -0.3 is 19.3 Å². The number of ether oxygens (including phenoxy) is 3. The molecule has 0 aromatic heterocycles. The Morgan fingerprint density at radius 2 is 1.46 bits per heavy atom. The molecule has 0 radical (unpaired) electrons. The van der Waals surface area contributed by atoms with Crippen molar-refractivity contribution in [3.63, 3.8) is 0 Å². The molecule has 0 bridgehead atoms. The number of hydrogen-bond acceptors (Lipinski definition) is 4. The maximum Gasteiger partial charge on any atom is 0.161 e. The van der Waals surface area contributed by atoms with Gasteiger partial charge in [0.25, 0.3) is 0 Å². The van der Waals surface area contributed by atoms with E-state index in [4.69, 9.17) is 14.2 Å². The molecule has 1 heterocycles. The first-order chi connectivity index (χ1) is 11.7. The fourth-order valence-electron chi connectivity index (χ4n) is 2.90. The largest absolute Gasteiger partial charge is 0.390 e. The van der Waals surface area contributed by atoms with Gasteiger partial charge in [0.15, 0.2) is 6.29 Å². The normalized spacial score (nSPS) is 27.1. The highest BCUT2D eigenvalue weighted by atomic mass is 16.7. The van der Waals surface area contributed by atoms with Crippen LogP contribution in [0.1, 0.15) is 24.5 Å². The Morgan fingerprint density at radius 1 is 0.917 bits per heavy atom. The fourth-order valence-corrected chi connectivity index (χ4v) is 2.90. The van der Waals surface area contributed by atoms with Gasteiger partial charge in [-0.25, -0.2) is 0 Å². The first-order valence-electron chi connectivity index (χ1n) is 8.37. The zero-order chi connectivity index (χ0) is 16.8. The summed E-state index contributed by atoms with van der Waals surface area (Å²) in [5.41, 5.74) is 2.17. The lowest BCUT2D eigenvalue weighted by molar-refractivity contribution is -0.260. The second-order valence-electron chi connectivity index (χ2n) is 6.13. The van der Waals surface area contributed by atoms with Crippen LogP contribution in [0.25, 0.3) is 0 Å². The molecular weight excluding hydrogens is 304 g/mol. The second-order valence-corrected chi connectivity index (χ2v) is 6.13. The molecule has 1 fully saturated rings. The number of aliphatic hydroxyl groups excluding tert-OH is 1. The fraction of sp³-hybridized carbons (Fsp3) is 0.400. The zero-order valence-electron chi connectivity index (χ0n) is 13.9. The van der Waals surface area contributed by atoms with Crippen LogP contribution in [0.2, 0.25) is 0 Å². The molecule has 1 aliphatic heterocycles. The van der Waals surface area contributed by atoms with Gasteiger partial charge in [-0.3, -0.25) is 0 Å². The quantitative estimate of drug-likeness (QED) is 0.884. The number of rotatable bonds is 6. The summed E-state index contributed by atoms with van der Waals surface area (Å²) in [5, 5.41) is 10.4. The summed E-state index contributed by atoms with van der Waals surface area (Å²) in [6.07, 6.45) is -1.17. The highest BCUT2D eigenvalue weighted by Gasteiger charge is 2.36. The van der Waals surface area contributed by atoms with Gasteiger partial charge in [0.2, 0.25) is 0 Å². The van der Waals surface area contributed by atoms with Crippen LogP contribution in [-0.4, -0.2) is 29.7 Å². The summed E-state index contributed by atoms with van der Waals surface area (Å²) >= 11 is 0. The van der Waals surface area contributed by atoms with Crippen molar-refractivity contribution in [3.8, 4) is 0 Å². The first-order valence-corrected chi connectivity index (χ1v) is 8.37. The average molecular weight is 328 g/mol. The van der Waals surface area contributed by atoms with Crippen molar-refractivity contribution in [2.24, 2.45) is 0 Å². The van der Waals surface area contributed by atoms with Crippen LogP contribution in [0, 0.1) is 0 Å². The Hall–Kier alpha value is -1.72. The standard InChI is InChI=1S/C20H24O4/c1-15-20(23-14-17-10-6-3-7-11-17)18(21)12-19(24-15)22-13-16-8-4-2-5-9-16/h2-11,15,18-21H,12-14H2,1H3/t15-,18-,19+,20-/m1/s1. The Kier molecular flexibility index (Phi) is 5.99. The van der Waals surface area contributed by atoms with E-state index in [9.17, 15) is 5.11 Å². The van der Waals surface area contributed by atoms with Gasteiger partial charge >= 0.3 is 0 Å². The van der Waals surface area contributed by atoms with E-state index >= 15 is 0 Å². The van der Waals surface area contributed by atoms with E-state index in [0.717, 1.165) is 11.1 Å². The Balaban J connectivity index is 1.48. The van der Waals surface area contributed by atoms with E-state index in [-0.39, 0.29) is 12.2 Å². The Bertz CT molecular complexity index is 590. The molecule has 0 spiro atoms. The lowest BCUT2D eigenvalue weighted by Crippen LogP contribution is -2.48. The van der Waals surface area contributed by atoms with Crippen LogP contribution in [0.5, 0.6) is 0 Å². The van der Waals surface area contributed by atoms with Crippen LogP contribution < -0.4 is 0 Å². The van der Waals surface area contributed by atoms with E-state index in [1.807, 2.05) is 67.6 Å². The molecule has 2 aromatic rings. The van der Waals surface area contributed by atoms with Crippen LogP contribution in [0.15, 0.2) is 60.7 Å². The van der Waals surface area contributed by atoms with Crippen LogP contribution >= 0.6 is 0 Å². The van der Waals surface area contributed by atoms with Crippen LogP contribution in [0.3, 0.4) is 0 Å². The molecule has 4 heteroatoms. The molecule has 3 rings (SSSR count). The SMILES string of the molecule is C[C@H]1O[C@H](OCc2ccccc2)C[C@@H](O)[C@@H]1OCc1ccccc1. The minimum Gasteiger partial charge on any atom is -0.390 e. The van der Waals surface area contributed by atoms with Gasteiger partial charge in [-0.05, 0) is 18.1 Å². The molecule has 4 nitrogen and oxygen atoms in total. The summed E-state index contributed by atoms with van der Waals surface area (Å²) in [5.74, 6) is 0. The third-order valence-electron chi connectivity index (χ3n) is 4.21. The number of benzene rings is 2. The van der Waals surface area contributed by atoms with Crippen molar-refractivity contribution in [3.05, 3.63) is 71.8 Å². The second kappa shape index (κ2) is 8.40. The highest BCUT2D eigenvalue weighted by molar-refractivity contribution is 5.14. The minimum atomic E-state index is -0.599. The summed E-state index contributed by atoms with van der Waals surface area (Å²) in [4.78, 5) is 0. The lowest BCUT2D eigenvalue weighted by Gasteiger charge is -2.37. The molecule has 1 aliphatic rings. The molecule has 0 amide bonds. The Morgan fingerprint density at radius 3 is 2.00 bits per heavy atom. The molecule has 24 heavy (non-hydrogen) atoms. The topological polar surface area (TPSA) is 47.9 Å². The molecule has 1 saturated heterocycles. The van der Waals surface area contributed by atoms with Crippen molar-refractivity contribution < 1.29 is 19.3 Å². The molecule has 4 atom stereocenters. The van der Waals surface area contributed by atoms with E-state index < -0.39 is 12.4 Å². The maximum atomic E-state index is 10.4. The molecular formula is C20H24O4. The summed E-state index contributed by atoms with van der Waals surface area (Å²) in [6.45, 7) is 2.85. The van der Waals surface area contributed by atoms with Crippen molar-refractivity contribution in [1.29, 1.82) is 0 Å². The van der Waals surface area contributed by atoms with Gasteiger partial charge in [-0.1, -0.05) is 60.7 Å². The highest BCUT2D eigenvalue weighted by Crippen LogP contribution is 2.25. The summed E-state index contributed by atoms with van der Waals surface area (Å²) in [6, 6.07) is 19.9. The number of aliphatic hydroxyl groups is 1. The zero-order valence-corrected chi connectivity index (χ0v) is 13.9. The summed E-state index contributed by atoms with van der Waals surface area (Å²) in [7, 11) is 0. The van der Waals surface area contributed by atoms with E-state index in [0.29, 0.717) is 19.6 Å². The minimum absolute atomic E-state index is 0.224. The smallest absolute Gasteiger partial charge is 0.161 e. The third-order valence-corrected chi connectivity index (χ3v) is 4.21. The van der Waals surface area contributed by atoms with Crippen LogP contribution in [0.4, 0.5) is 0 Å². The Labute approximate surface area is 143 Å². The molecule has 128 valence electrons. The van der Waals surface area contributed by atoms with E-state index in [2.05, 4.69) is 0 Å². The molecule has 0 aliphatic carbocycles. The van der Waals surface area contributed by atoms with E-state index in [1.54, 1.807) is 0 Å². The first kappa shape index (κ1) is 17.1. The average Bonchev–Trinajstić information content (AvgIpc) is 2.61. The molecule has 0 unspecified atom stereocenters. The van der Waals surface area contributed by atoms with Crippen LogP contribution in [-0.2, 0) is 27.4 Å². The van der Waals surface area contributed by atoms with E-state index in [1.165, 1.54) is 0 Å². The van der Waals surface area contributed by atoms with Gasteiger partial charge in [0.05, 0.1) is 25.4 Å². The molecule has 0 saturated carbocycles. The lowest BCUT2D eigenvalue weighted by atomic mass is 10.0. The molecule has 1 N–H and O–H groups in total. The maximum absolute atomic E-state index is 10.4. The predicted octanol–water partition coefficient (Wildman–Crippen LogP) is 3.28. The van der Waals surface area contributed by atoms with Gasteiger partial charge in [-0.15, -0.1) is 0 Å². The monoisotopic (exact) mass is 328 g/mol. The van der Waals surface area contributed by atoms with Crippen molar-refractivity contribution in [2.75, 3.05) is 0 Å². The van der Waals surface area contributed by atoms with Gasteiger partial charge in [-0.2, -0.15) is 0 Å². The van der Waals surface area contributed by atoms with Gasteiger partial charge in [0, 0.05) is 6.42 Å². The van der Waals surface area contributed by atoms with Crippen molar-refractivity contribution >= 4 is 0 Å². The van der Waals surface area contributed by atoms with Crippen molar-refractivity contribution in [1.82, 2.24) is 0 Å².